The van der Waals surface area contributed by atoms with E-state index in [9.17, 15) is 9.59 Å². The van der Waals surface area contributed by atoms with Gasteiger partial charge in [0.25, 0.3) is 0 Å². The van der Waals surface area contributed by atoms with Crippen molar-refractivity contribution in [1.29, 1.82) is 0 Å². The first-order valence-electron chi connectivity index (χ1n) is 7.35. The maximum Gasteiger partial charge on any atom is 0.246 e. The molecule has 21 heavy (non-hydrogen) atoms. The maximum atomic E-state index is 11.9. The summed E-state index contributed by atoms with van der Waals surface area (Å²) in [6.07, 6.45) is 5.34. The molecule has 2 N–H and O–H groups in total. The lowest BCUT2D eigenvalue weighted by Gasteiger charge is -2.27. The van der Waals surface area contributed by atoms with E-state index in [2.05, 4.69) is 20.5 Å². The molecule has 114 valence electrons. The smallest absolute Gasteiger partial charge is 0.246 e. The Morgan fingerprint density at radius 3 is 2.52 bits per heavy atom. The summed E-state index contributed by atoms with van der Waals surface area (Å²) >= 11 is 0. The van der Waals surface area contributed by atoms with Crippen LogP contribution in [-0.2, 0) is 9.59 Å². The number of pyridine rings is 1. The first-order chi connectivity index (χ1) is 10.1. The molecule has 2 rings (SSSR count). The molecule has 2 heterocycles. The summed E-state index contributed by atoms with van der Waals surface area (Å²) in [5, 5.41) is 5.29. The van der Waals surface area contributed by atoms with Gasteiger partial charge in [-0.05, 0) is 38.3 Å². The zero-order valence-electron chi connectivity index (χ0n) is 12.6. The van der Waals surface area contributed by atoms with Crippen LogP contribution in [0.1, 0.15) is 33.1 Å². The topological polar surface area (TPSA) is 74.3 Å². The van der Waals surface area contributed by atoms with Crippen LogP contribution in [-0.4, -0.2) is 35.9 Å². The van der Waals surface area contributed by atoms with Gasteiger partial charge in [0, 0.05) is 20.0 Å². The number of aromatic nitrogens is 1. The molecule has 1 unspecified atom stereocenters. The Bertz CT molecular complexity index is 495. The Balaban J connectivity index is 1.92. The first-order valence-corrected chi connectivity index (χ1v) is 7.35. The summed E-state index contributed by atoms with van der Waals surface area (Å²) < 4.78 is 0. The van der Waals surface area contributed by atoms with Gasteiger partial charge in [0.2, 0.25) is 11.8 Å². The fourth-order valence-electron chi connectivity index (χ4n) is 2.39. The number of nitrogens with zero attached hydrogens (tertiary/aromatic N) is 2. The molecule has 1 aliphatic heterocycles. The number of nitrogens with one attached hydrogen (secondary N) is 2. The monoisotopic (exact) mass is 290 g/mol. The molecule has 0 aromatic carbocycles. The molecule has 0 aliphatic carbocycles. The zero-order valence-corrected chi connectivity index (χ0v) is 12.6. The average molecular weight is 290 g/mol. The quantitative estimate of drug-likeness (QED) is 0.882. The van der Waals surface area contributed by atoms with E-state index in [1.807, 2.05) is 12.1 Å². The highest BCUT2D eigenvalue weighted by Gasteiger charge is 2.15. The van der Waals surface area contributed by atoms with Crippen molar-refractivity contribution in [2.45, 2.75) is 39.2 Å². The van der Waals surface area contributed by atoms with Gasteiger partial charge < -0.3 is 15.5 Å². The number of anilines is 2. The lowest BCUT2D eigenvalue weighted by molar-refractivity contribution is -0.124. The molecule has 1 aromatic rings. The van der Waals surface area contributed by atoms with Crippen LogP contribution in [0.4, 0.5) is 11.5 Å². The SMILES string of the molecule is CC(=O)NC(C)C(=O)Nc1ccc(N2CCCCC2)nc1. The molecule has 0 spiro atoms. The molecule has 1 saturated heterocycles. The number of piperidine rings is 1. The van der Waals surface area contributed by atoms with Gasteiger partial charge in [-0.3, -0.25) is 9.59 Å². The summed E-state index contributed by atoms with van der Waals surface area (Å²) in [7, 11) is 0. The van der Waals surface area contributed by atoms with Crippen LogP contribution in [0.5, 0.6) is 0 Å². The van der Waals surface area contributed by atoms with Gasteiger partial charge in [-0.15, -0.1) is 0 Å². The second-order valence-electron chi connectivity index (χ2n) is 5.36. The van der Waals surface area contributed by atoms with E-state index in [0.717, 1.165) is 18.9 Å². The summed E-state index contributed by atoms with van der Waals surface area (Å²) in [6, 6.07) is 3.20. The van der Waals surface area contributed by atoms with E-state index in [4.69, 9.17) is 0 Å². The Labute approximate surface area is 124 Å². The third-order valence-electron chi connectivity index (χ3n) is 3.51. The van der Waals surface area contributed by atoms with Gasteiger partial charge in [0.1, 0.15) is 11.9 Å². The molecule has 2 amide bonds. The van der Waals surface area contributed by atoms with Gasteiger partial charge in [0.15, 0.2) is 0 Å². The van der Waals surface area contributed by atoms with Gasteiger partial charge in [-0.2, -0.15) is 0 Å². The molecule has 6 heteroatoms. The summed E-state index contributed by atoms with van der Waals surface area (Å²) in [4.78, 5) is 29.5. The van der Waals surface area contributed by atoms with Crippen molar-refractivity contribution in [1.82, 2.24) is 10.3 Å². The molecule has 1 aliphatic rings. The number of carbonyl (C=O) groups is 2. The van der Waals surface area contributed by atoms with Crippen molar-refractivity contribution in [2.75, 3.05) is 23.3 Å². The molecule has 6 nitrogen and oxygen atoms in total. The largest absolute Gasteiger partial charge is 0.357 e. The van der Waals surface area contributed by atoms with Crippen molar-refractivity contribution in [2.24, 2.45) is 0 Å². The van der Waals surface area contributed by atoms with E-state index in [-0.39, 0.29) is 11.8 Å². The van der Waals surface area contributed by atoms with Crippen LogP contribution in [0.25, 0.3) is 0 Å². The highest BCUT2D eigenvalue weighted by atomic mass is 16.2. The Morgan fingerprint density at radius 1 is 1.24 bits per heavy atom. The van der Waals surface area contributed by atoms with E-state index >= 15 is 0 Å². The minimum Gasteiger partial charge on any atom is -0.357 e. The van der Waals surface area contributed by atoms with Crippen molar-refractivity contribution >= 4 is 23.3 Å². The normalized spacial score (nSPS) is 16.2. The van der Waals surface area contributed by atoms with E-state index in [1.165, 1.54) is 26.2 Å². The van der Waals surface area contributed by atoms with Crippen LogP contribution in [0.3, 0.4) is 0 Å². The zero-order chi connectivity index (χ0) is 15.2. The van der Waals surface area contributed by atoms with Crippen LogP contribution in [0.2, 0.25) is 0 Å². The summed E-state index contributed by atoms with van der Waals surface area (Å²) in [6.45, 7) is 5.11. The third kappa shape index (κ3) is 4.44. The minimum absolute atomic E-state index is 0.226. The Kier molecular flexibility index (Phi) is 5.14. The third-order valence-corrected chi connectivity index (χ3v) is 3.51. The van der Waals surface area contributed by atoms with Gasteiger partial charge in [-0.1, -0.05) is 0 Å². The van der Waals surface area contributed by atoms with Gasteiger partial charge >= 0.3 is 0 Å². The maximum absolute atomic E-state index is 11.9. The molecule has 0 bridgehead atoms. The molecule has 0 radical (unpaired) electrons. The highest BCUT2D eigenvalue weighted by Crippen LogP contribution is 2.18. The lowest BCUT2D eigenvalue weighted by Crippen LogP contribution is -2.40. The van der Waals surface area contributed by atoms with E-state index in [1.54, 1.807) is 13.1 Å². The van der Waals surface area contributed by atoms with Gasteiger partial charge in [0.05, 0.1) is 11.9 Å². The number of rotatable bonds is 4. The fourth-order valence-corrected chi connectivity index (χ4v) is 2.39. The second kappa shape index (κ2) is 7.06. The summed E-state index contributed by atoms with van der Waals surface area (Å²) in [5.74, 6) is 0.469. The number of hydrogen-bond donors (Lipinski definition) is 2. The van der Waals surface area contributed by atoms with Crippen molar-refractivity contribution < 1.29 is 9.59 Å². The predicted molar refractivity (Wildman–Crippen MR) is 82.2 cm³/mol. The van der Waals surface area contributed by atoms with Crippen LogP contribution < -0.4 is 15.5 Å². The molecular formula is C15H22N4O2. The van der Waals surface area contributed by atoms with Crippen molar-refractivity contribution in [3.05, 3.63) is 18.3 Å². The number of carbonyl (C=O) groups excluding carboxylic acids is 2. The van der Waals surface area contributed by atoms with Crippen LogP contribution >= 0.6 is 0 Å². The Morgan fingerprint density at radius 2 is 1.95 bits per heavy atom. The van der Waals surface area contributed by atoms with E-state index in [0.29, 0.717) is 5.69 Å². The fraction of sp³-hybridized carbons (Fsp3) is 0.533. The van der Waals surface area contributed by atoms with Crippen LogP contribution in [0, 0.1) is 0 Å². The minimum atomic E-state index is -0.565. The molecule has 0 saturated carbocycles. The lowest BCUT2D eigenvalue weighted by atomic mass is 10.1. The highest BCUT2D eigenvalue weighted by molar-refractivity contribution is 5.96. The number of hydrogen-bond acceptors (Lipinski definition) is 4. The van der Waals surface area contributed by atoms with Gasteiger partial charge in [-0.25, -0.2) is 4.98 Å². The second-order valence-corrected chi connectivity index (χ2v) is 5.36. The number of amides is 2. The Hall–Kier alpha value is -2.11. The van der Waals surface area contributed by atoms with Crippen molar-refractivity contribution in [3.63, 3.8) is 0 Å². The summed E-state index contributed by atoms with van der Waals surface area (Å²) in [5.41, 5.74) is 0.637. The average Bonchev–Trinajstić information content (AvgIpc) is 2.48. The van der Waals surface area contributed by atoms with Crippen molar-refractivity contribution in [3.8, 4) is 0 Å². The predicted octanol–water partition coefficient (Wildman–Crippen LogP) is 1.53. The molecular weight excluding hydrogens is 268 g/mol. The standard InChI is InChI=1S/C15H22N4O2/c1-11(17-12(2)20)15(21)18-13-6-7-14(16-10-13)19-8-4-3-5-9-19/h6-7,10-11H,3-5,8-9H2,1-2H3,(H,17,20)(H,18,21). The molecule has 1 atom stereocenters. The molecule has 1 fully saturated rings. The van der Waals surface area contributed by atoms with Crippen LogP contribution in [0.15, 0.2) is 18.3 Å². The van der Waals surface area contributed by atoms with E-state index < -0.39 is 6.04 Å². The first kappa shape index (κ1) is 15.3. The molecule has 1 aromatic heterocycles.